The fraction of sp³-hybridized carbons (Fsp3) is 0.278. The normalized spacial score (nSPS) is 11.7. The Morgan fingerprint density at radius 2 is 1.85 bits per heavy atom. The Morgan fingerprint density at radius 3 is 2.50 bits per heavy atom. The number of ether oxygens (including phenoxy) is 1. The van der Waals surface area contributed by atoms with Gasteiger partial charge < -0.3 is 9.58 Å². The van der Waals surface area contributed by atoms with Gasteiger partial charge in [-0.3, -0.25) is 0 Å². The topological polar surface area (TPSA) is 13.6 Å². The molecule has 2 aromatic rings. The molecule has 2 aromatic carbocycles. The molecule has 2 rings (SSSR count). The molecule has 0 aliphatic heterocycles. The van der Waals surface area contributed by atoms with Crippen LogP contribution in [0.4, 0.5) is 0 Å². The first-order chi connectivity index (χ1) is 9.74. The van der Waals surface area contributed by atoms with E-state index in [0.717, 1.165) is 23.3 Å². The first-order valence-corrected chi connectivity index (χ1v) is 6.90. The van der Waals surface area contributed by atoms with Crippen molar-refractivity contribution in [1.82, 2.24) is 0 Å². The largest absolute Gasteiger partial charge is 0.488 e. The Labute approximate surface area is 120 Å². The van der Waals surface area contributed by atoms with Crippen LogP contribution in [0.1, 0.15) is 36.6 Å². The first kappa shape index (κ1) is 14.1. The summed E-state index contributed by atoms with van der Waals surface area (Å²) < 4.78 is 5.90. The molecule has 0 heterocycles. The van der Waals surface area contributed by atoms with Crippen LogP contribution in [0.2, 0.25) is 0 Å². The highest BCUT2D eigenvalue weighted by atomic mass is 16.5. The van der Waals surface area contributed by atoms with E-state index in [1.54, 1.807) is 0 Å². The zero-order valence-corrected chi connectivity index (χ0v) is 12.0. The number of aryl methyl sites for hydroxylation is 1. The molecule has 1 atom stereocenters. The second-order valence-electron chi connectivity index (χ2n) is 4.81. The van der Waals surface area contributed by atoms with E-state index < -0.39 is 0 Å². The number of hydrogen-bond donors (Lipinski definition) is 0. The molecule has 0 radical (unpaired) electrons. The standard InChI is InChI=1S/C18H19NO/c1-4-15-10-11-18(17(12-15)14(2)19-3)20-13-16-8-6-5-7-9-16/h5-12,14H,4,13H2,1-2H3. The zero-order chi connectivity index (χ0) is 14.4. The molecular formula is C18H19NO. The van der Waals surface area contributed by atoms with E-state index in [-0.39, 0.29) is 6.04 Å². The molecule has 2 heteroatoms. The van der Waals surface area contributed by atoms with Crippen LogP contribution < -0.4 is 4.74 Å². The molecule has 102 valence electrons. The fourth-order valence-electron chi connectivity index (χ4n) is 2.08. The Balaban J connectivity index is 2.20. The quantitative estimate of drug-likeness (QED) is 0.707. The van der Waals surface area contributed by atoms with Crippen molar-refractivity contribution in [3.05, 3.63) is 76.6 Å². The summed E-state index contributed by atoms with van der Waals surface area (Å²) in [7, 11) is 0. The smallest absolute Gasteiger partial charge is 0.249 e. The summed E-state index contributed by atoms with van der Waals surface area (Å²) in [6.07, 6.45) is 0.969. The Hall–Kier alpha value is -2.27. The summed E-state index contributed by atoms with van der Waals surface area (Å²) in [5, 5.41) is 0. The van der Waals surface area contributed by atoms with E-state index in [1.807, 2.05) is 43.3 Å². The van der Waals surface area contributed by atoms with E-state index in [2.05, 4.69) is 23.9 Å². The Bertz CT molecular complexity index is 599. The molecule has 0 amide bonds. The van der Waals surface area contributed by atoms with Gasteiger partial charge in [0, 0.05) is 6.92 Å². The molecule has 0 N–H and O–H groups in total. The van der Waals surface area contributed by atoms with Crippen molar-refractivity contribution in [1.29, 1.82) is 0 Å². The summed E-state index contributed by atoms with van der Waals surface area (Å²) in [5.41, 5.74) is 3.35. The Morgan fingerprint density at radius 1 is 1.10 bits per heavy atom. The lowest BCUT2D eigenvalue weighted by Crippen LogP contribution is -2.00. The lowest BCUT2D eigenvalue weighted by molar-refractivity contribution is 0.302. The number of benzene rings is 2. The lowest BCUT2D eigenvalue weighted by Gasteiger charge is -2.12. The summed E-state index contributed by atoms with van der Waals surface area (Å²) in [6.45, 7) is 11.8. The van der Waals surface area contributed by atoms with Crippen LogP contribution in [0.25, 0.3) is 4.85 Å². The molecule has 0 spiro atoms. The lowest BCUT2D eigenvalue weighted by atomic mass is 10.0. The molecule has 0 saturated heterocycles. The van der Waals surface area contributed by atoms with Crippen molar-refractivity contribution in [3.8, 4) is 5.75 Å². The predicted octanol–water partition coefficient (Wildman–Crippen LogP) is 4.81. The van der Waals surface area contributed by atoms with Crippen molar-refractivity contribution in [3.63, 3.8) is 0 Å². The average Bonchev–Trinajstić information content (AvgIpc) is 2.53. The first-order valence-electron chi connectivity index (χ1n) is 6.90. The molecule has 20 heavy (non-hydrogen) atoms. The monoisotopic (exact) mass is 265 g/mol. The second-order valence-corrected chi connectivity index (χ2v) is 4.81. The maximum atomic E-state index is 7.24. The molecule has 0 bridgehead atoms. The van der Waals surface area contributed by atoms with Gasteiger partial charge in [-0.2, -0.15) is 0 Å². The van der Waals surface area contributed by atoms with Crippen molar-refractivity contribution < 1.29 is 4.74 Å². The van der Waals surface area contributed by atoms with Gasteiger partial charge in [0.1, 0.15) is 12.4 Å². The maximum Gasteiger partial charge on any atom is 0.249 e. The van der Waals surface area contributed by atoms with Gasteiger partial charge in [-0.25, -0.2) is 6.57 Å². The van der Waals surface area contributed by atoms with E-state index in [0.29, 0.717) is 6.61 Å². The van der Waals surface area contributed by atoms with Gasteiger partial charge in [0.2, 0.25) is 6.04 Å². The zero-order valence-electron chi connectivity index (χ0n) is 12.0. The van der Waals surface area contributed by atoms with Crippen molar-refractivity contribution in [2.75, 3.05) is 0 Å². The van der Waals surface area contributed by atoms with Crippen LogP contribution in [-0.2, 0) is 13.0 Å². The van der Waals surface area contributed by atoms with Gasteiger partial charge >= 0.3 is 0 Å². The van der Waals surface area contributed by atoms with Crippen LogP contribution in [0.3, 0.4) is 0 Å². The maximum absolute atomic E-state index is 7.24. The number of rotatable bonds is 5. The van der Waals surface area contributed by atoms with Crippen LogP contribution >= 0.6 is 0 Å². The van der Waals surface area contributed by atoms with E-state index in [9.17, 15) is 0 Å². The van der Waals surface area contributed by atoms with Crippen LogP contribution in [-0.4, -0.2) is 0 Å². The summed E-state index contributed by atoms with van der Waals surface area (Å²) in [5.74, 6) is 0.814. The molecule has 1 unspecified atom stereocenters. The summed E-state index contributed by atoms with van der Waals surface area (Å²) in [6, 6.07) is 16.0. The third-order valence-electron chi connectivity index (χ3n) is 3.36. The summed E-state index contributed by atoms with van der Waals surface area (Å²) in [4.78, 5) is 3.62. The van der Waals surface area contributed by atoms with Crippen molar-refractivity contribution in [2.24, 2.45) is 0 Å². The van der Waals surface area contributed by atoms with Gasteiger partial charge in [0.25, 0.3) is 0 Å². The van der Waals surface area contributed by atoms with E-state index >= 15 is 0 Å². The highest BCUT2D eigenvalue weighted by Crippen LogP contribution is 2.29. The van der Waals surface area contributed by atoms with Crippen molar-refractivity contribution in [2.45, 2.75) is 32.9 Å². The molecule has 0 aliphatic rings. The van der Waals surface area contributed by atoms with E-state index in [1.165, 1.54) is 5.56 Å². The van der Waals surface area contributed by atoms with Crippen LogP contribution in [0.15, 0.2) is 48.5 Å². The molecule has 0 aromatic heterocycles. The van der Waals surface area contributed by atoms with Crippen LogP contribution in [0, 0.1) is 6.57 Å². The highest BCUT2D eigenvalue weighted by molar-refractivity contribution is 5.40. The van der Waals surface area contributed by atoms with Gasteiger partial charge in [0.15, 0.2) is 0 Å². The van der Waals surface area contributed by atoms with Gasteiger partial charge in [0.05, 0.1) is 5.56 Å². The van der Waals surface area contributed by atoms with Crippen molar-refractivity contribution >= 4 is 0 Å². The predicted molar refractivity (Wildman–Crippen MR) is 81.6 cm³/mol. The van der Waals surface area contributed by atoms with E-state index in [4.69, 9.17) is 11.3 Å². The second kappa shape index (κ2) is 6.77. The third-order valence-corrected chi connectivity index (χ3v) is 3.36. The molecule has 0 fully saturated rings. The average molecular weight is 265 g/mol. The van der Waals surface area contributed by atoms with Crippen LogP contribution in [0.5, 0.6) is 5.75 Å². The molecule has 0 aliphatic carbocycles. The minimum absolute atomic E-state index is 0.174. The van der Waals surface area contributed by atoms with Gasteiger partial charge in [-0.1, -0.05) is 43.3 Å². The Kier molecular flexibility index (Phi) is 4.79. The van der Waals surface area contributed by atoms with Gasteiger partial charge in [-0.05, 0) is 29.7 Å². The third kappa shape index (κ3) is 3.39. The molecule has 2 nitrogen and oxygen atoms in total. The summed E-state index contributed by atoms with van der Waals surface area (Å²) >= 11 is 0. The molecule has 0 saturated carbocycles. The SMILES string of the molecule is [C-]#[N+]C(C)c1cc(CC)ccc1OCc1ccccc1. The molecular weight excluding hydrogens is 246 g/mol. The fourth-order valence-corrected chi connectivity index (χ4v) is 2.08. The number of nitrogens with zero attached hydrogens (tertiary/aromatic N) is 1. The number of hydrogen-bond acceptors (Lipinski definition) is 1. The highest BCUT2D eigenvalue weighted by Gasteiger charge is 2.16. The minimum atomic E-state index is -0.174. The van der Waals surface area contributed by atoms with Gasteiger partial charge in [-0.15, -0.1) is 0 Å². The minimum Gasteiger partial charge on any atom is -0.488 e.